The molecular weight excluding hydrogens is 308 g/mol. The Kier molecular flexibility index (Phi) is 8.68. The molecule has 0 bridgehead atoms. The van der Waals surface area contributed by atoms with Crippen molar-refractivity contribution in [1.82, 2.24) is 9.88 Å². The predicted molar refractivity (Wildman–Crippen MR) is 96.0 cm³/mol. The Morgan fingerprint density at radius 2 is 1.74 bits per heavy atom. The van der Waals surface area contributed by atoms with Crippen LogP contribution in [-0.2, 0) is 13.3 Å². The first-order chi connectivity index (χ1) is 11.1. The average molecular weight is 339 g/mol. The van der Waals surface area contributed by atoms with E-state index in [1.807, 2.05) is 24.3 Å². The normalized spacial score (nSPS) is 14.7. The molecule has 0 amide bonds. The molecule has 0 aliphatic carbocycles. The van der Waals surface area contributed by atoms with Gasteiger partial charge in [0.1, 0.15) is 0 Å². The molecule has 0 aliphatic heterocycles. The Labute approximate surface area is 141 Å². The summed E-state index contributed by atoms with van der Waals surface area (Å²) in [6, 6.07) is 10.4. The average Bonchev–Trinajstić information content (AvgIpc) is 2.58. The van der Waals surface area contributed by atoms with Gasteiger partial charge in [-0.2, -0.15) is 0 Å². The van der Waals surface area contributed by atoms with Crippen molar-refractivity contribution in [3.05, 3.63) is 48.6 Å². The predicted octanol–water partition coefficient (Wildman–Crippen LogP) is 2.59. The lowest BCUT2D eigenvalue weighted by molar-refractivity contribution is 0.0446. The molecule has 0 fully saturated rings. The second-order valence-electron chi connectivity index (χ2n) is 5.34. The van der Waals surface area contributed by atoms with Crippen molar-refractivity contribution in [2.45, 2.75) is 25.9 Å². The van der Waals surface area contributed by atoms with Crippen molar-refractivity contribution in [1.29, 1.82) is 0 Å². The number of rotatable bonds is 11. The van der Waals surface area contributed by atoms with E-state index in [1.165, 1.54) is 0 Å². The summed E-state index contributed by atoms with van der Waals surface area (Å²) in [6.07, 6.45) is 1.91. The molecule has 0 spiro atoms. The minimum absolute atomic E-state index is 0.0520. The molecule has 0 heterocycles. The molecule has 1 N–H and O–H groups in total. The van der Waals surface area contributed by atoms with Crippen molar-refractivity contribution in [3.8, 4) is 0 Å². The van der Waals surface area contributed by atoms with Crippen LogP contribution in [-0.4, -0.2) is 54.0 Å². The lowest BCUT2D eigenvalue weighted by Gasteiger charge is -2.41. The van der Waals surface area contributed by atoms with Crippen LogP contribution in [0.4, 0.5) is 0 Å². The SMILES string of the molecule is C=CC(c1ccccc1)N(CC(C)NCC)[Si](OC)(OC)OC. The van der Waals surface area contributed by atoms with Crippen LogP contribution in [0, 0.1) is 0 Å². The van der Waals surface area contributed by atoms with E-state index in [1.54, 1.807) is 21.3 Å². The summed E-state index contributed by atoms with van der Waals surface area (Å²) in [5.74, 6) is 0. The molecule has 2 atom stereocenters. The van der Waals surface area contributed by atoms with Crippen LogP contribution < -0.4 is 5.32 Å². The minimum Gasteiger partial charge on any atom is -0.364 e. The quantitative estimate of drug-likeness (QED) is 0.496. The molecule has 130 valence electrons. The van der Waals surface area contributed by atoms with E-state index in [0.29, 0.717) is 0 Å². The van der Waals surface area contributed by atoms with Crippen molar-refractivity contribution < 1.29 is 13.3 Å². The number of likely N-dealkylation sites (N-methyl/N-ethyl adjacent to an activating group) is 1. The molecule has 23 heavy (non-hydrogen) atoms. The molecule has 1 aromatic rings. The zero-order valence-electron chi connectivity index (χ0n) is 14.9. The van der Waals surface area contributed by atoms with Crippen LogP contribution >= 0.6 is 0 Å². The smallest absolute Gasteiger partial charge is 0.364 e. The molecule has 0 saturated carbocycles. The van der Waals surface area contributed by atoms with E-state index >= 15 is 0 Å². The van der Waals surface area contributed by atoms with Crippen molar-refractivity contribution >= 4 is 8.97 Å². The number of benzene rings is 1. The van der Waals surface area contributed by atoms with E-state index in [-0.39, 0.29) is 12.1 Å². The van der Waals surface area contributed by atoms with Crippen molar-refractivity contribution in [2.24, 2.45) is 0 Å². The lowest BCUT2D eigenvalue weighted by Crippen LogP contribution is -2.62. The van der Waals surface area contributed by atoms with E-state index in [4.69, 9.17) is 13.3 Å². The van der Waals surface area contributed by atoms with Crippen molar-refractivity contribution in [3.63, 3.8) is 0 Å². The molecule has 1 aromatic carbocycles. The molecule has 0 saturated heterocycles. The number of nitrogens with zero attached hydrogens (tertiary/aromatic N) is 1. The first-order valence-electron chi connectivity index (χ1n) is 7.91. The van der Waals surface area contributed by atoms with Crippen LogP contribution in [0.15, 0.2) is 43.0 Å². The Bertz CT molecular complexity index is 446. The summed E-state index contributed by atoms with van der Waals surface area (Å²) in [6.45, 7) is 9.88. The fourth-order valence-electron chi connectivity index (χ4n) is 2.80. The molecule has 1 rings (SSSR count). The van der Waals surface area contributed by atoms with Gasteiger partial charge in [0.2, 0.25) is 0 Å². The van der Waals surface area contributed by atoms with Crippen molar-refractivity contribution in [2.75, 3.05) is 34.4 Å². The Hall–Kier alpha value is -1.02. The van der Waals surface area contributed by atoms with E-state index in [9.17, 15) is 0 Å². The van der Waals surface area contributed by atoms with Crippen LogP contribution in [0.25, 0.3) is 0 Å². The third kappa shape index (κ3) is 4.97. The maximum atomic E-state index is 5.73. The fourth-order valence-corrected chi connectivity index (χ4v) is 5.10. The monoisotopic (exact) mass is 338 g/mol. The summed E-state index contributed by atoms with van der Waals surface area (Å²) >= 11 is 0. The second-order valence-corrected chi connectivity index (χ2v) is 8.19. The molecular formula is C17H30N2O3Si. The second kappa shape index (κ2) is 9.97. The first kappa shape index (κ1) is 20.0. The molecule has 0 aliphatic rings. The number of hydrogen-bond acceptors (Lipinski definition) is 5. The maximum absolute atomic E-state index is 5.73. The lowest BCUT2D eigenvalue weighted by atomic mass is 10.1. The summed E-state index contributed by atoms with van der Waals surface area (Å²) in [5.41, 5.74) is 1.13. The zero-order chi connectivity index (χ0) is 17.3. The highest BCUT2D eigenvalue weighted by atomic mass is 28.4. The van der Waals surface area contributed by atoms with Gasteiger partial charge in [0, 0.05) is 33.9 Å². The Morgan fingerprint density at radius 1 is 1.17 bits per heavy atom. The van der Waals surface area contributed by atoms with Gasteiger partial charge in [-0.3, -0.25) is 0 Å². The highest BCUT2D eigenvalue weighted by Gasteiger charge is 2.49. The summed E-state index contributed by atoms with van der Waals surface area (Å²) in [4.78, 5) is 0. The van der Waals surface area contributed by atoms with Crippen LogP contribution in [0.1, 0.15) is 25.5 Å². The van der Waals surface area contributed by atoms with Crippen LogP contribution in [0.3, 0.4) is 0 Å². The van der Waals surface area contributed by atoms with E-state index < -0.39 is 8.97 Å². The van der Waals surface area contributed by atoms with Gasteiger partial charge < -0.3 is 18.6 Å². The minimum atomic E-state index is -2.98. The standard InChI is InChI=1S/C17H30N2O3Si/c1-7-17(16-12-10-9-11-13-16)19(14-15(3)18-8-2)23(20-4,21-5)22-6/h7,9-13,15,17-18H,1,8,14H2,2-6H3. The molecule has 2 unspecified atom stereocenters. The van der Waals surface area contributed by atoms with Gasteiger partial charge in [-0.05, 0) is 19.0 Å². The highest BCUT2D eigenvalue weighted by molar-refractivity contribution is 6.57. The summed E-state index contributed by atoms with van der Waals surface area (Å²) < 4.78 is 19.3. The third-order valence-electron chi connectivity index (χ3n) is 3.85. The van der Waals surface area contributed by atoms with Gasteiger partial charge in [-0.1, -0.05) is 43.3 Å². The molecule has 0 aromatic heterocycles. The van der Waals surface area contributed by atoms with Crippen LogP contribution in [0.5, 0.6) is 0 Å². The topological polar surface area (TPSA) is 43.0 Å². The van der Waals surface area contributed by atoms with E-state index in [0.717, 1.165) is 18.7 Å². The summed E-state index contributed by atoms with van der Waals surface area (Å²) in [7, 11) is 1.92. The first-order valence-corrected chi connectivity index (χ1v) is 9.58. The van der Waals surface area contributed by atoms with Gasteiger partial charge >= 0.3 is 8.97 Å². The third-order valence-corrected chi connectivity index (χ3v) is 6.56. The number of hydrogen-bond donors (Lipinski definition) is 1. The van der Waals surface area contributed by atoms with Gasteiger partial charge in [0.25, 0.3) is 0 Å². The van der Waals surface area contributed by atoms with Gasteiger partial charge in [-0.15, -0.1) is 6.58 Å². The van der Waals surface area contributed by atoms with E-state index in [2.05, 4.69) is 42.4 Å². The highest BCUT2D eigenvalue weighted by Crippen LogP contribution is 2.28. The number of nitrogens with one attached hydrogen (secondary N) is 1. The molecule has 0 radical (unpaired) electrons. The van der Waals surface area contributed by atoms with Crippen LogP contribution in [0.2, 0.25) is 0 Å². The Morgan fingerprint density at radius 3 is 2.17 bits per heavy atom. The summed E-state index contributed by atoms with van der Waals surface area (Å²) in [5, 5.41) is 3.43. The van der Waals surface area contributed by atoms with Gasteiger partial charge in [0.15, 0.2) is 0 Å². The molecule has 6 heteroatoms. The fraction of sp³-hybridized carbons (Fsp3) is 0.529. The molecule has 5 nitrogen and oxygen atoms in total. The zero-order valence-corrected chi connectivity index (χ0v) is 15.9. The largest absolute Gasteiger partial charge is 0.599 e. The maximum Gasteiger partial charge on any atom is 0.599 e. The van der Waals surface area contributed by atoms with Gasteiger partial charge in [0.05, 0.1) is 6.04 Å². The Balaban J connectivity index is 3.22. The van der Waals surface area contributed by atoms with Gasteiger partial charge in [-0.25, -0.2) is 4.57 Å².